The Morgan fingerprint density at radius 3 is 2.56 bits per heavy atom. The standard InChI is InChI=1S/C13H19NO3S/c1-10(8-16-2)14-13(15)9-18-12-6-4-11(17-3)5-7-12/h4-7,10H,8-9H2,1-3H3,(H,14,15)/t10-/m0/s1. The van der Waals surface area contributed by atoms with Gasteiger partial charge in [-0.25, -0.2) is 0 Å². The van der Waals surface area contributed by atoms with Crippen LogP contribution in [0.1, 0.15) is 6.92 Å². The second-order valence-electron chi connectivity index (χ2n) is 3.89. The van der Waals surface area contributed by atoms with Crippen LogP contribution in [0.15, 0.2) is 29.2 Å². The second-order valence-corrected chi connectivity index (χ2v) is 4.94. The Kier molecular flexibility index (Phi) is 6.60. The van der Waals surface area contributed by atoms with Crippen molar-refractivity contribution in [3.05, 3.63) is 24.3 Å². The Bertz CT molecular complexity index is 367. The number of hydrogen-bond donors (Lipinski definition) is 1. The van der Waals surface area contributed by atoms with Crippen molar-refractivity contribution in [2.24, 2.45) is 0 Å². The number of carbonyl (C=O) groups excluding carboxylic acids is 1. The highest BCUT2D eigenvalue weighted by molar-refractivity contribution is 8.00. The van der Waals surface area contributed by atoms with Crippen LogP contribution in [-0.2, 0) is 9.53 Å². The van der Waals surface area contributed by atoms with E-state index in [-0.39, 0.29) is 11.9 Å². The fraction of sp³-hybridized carbons (Fsp3) is 0.462. The summed E-state index contributed by atoms with van der Waals surface area (Å²) in [6.45, 7) is 2.44. The first-order chi connectivity index (χ1) is 8.65. The molecule has 18 heavy (non-hydrogen) atoms. The molecule has 0 saturated heterocycles. The highest BCUT2D eigenvalue weighted by atomic mass is 32.2. The summed E-state index contributed by atoms with van der Waals surface area (Å²) in [4.78, 5) is 12.7. The highest BCUT2D eigenvalue weighted by Crippen LogP contribution is 2.20. The molecule has 0 spiro atoms. The molecule has 0 saturated carbocycles. The van der Waals surface area contributed by atoms with E-state index >= 15 is 0 Å². The van der Waals surface area contributed by atoms with Gasteiger partial charge in [0.1, 0.15) is 5.75 Å². The van der Waals surface area contributed by atoms with Gasteiger partial charge in [0, 0.05) is 18.0 Å². The van der Waals surface area contributed by atoms with Gasteiger partial charge in [-0.05, 0) is 31.2 Å². The normalized spacial score (nSPS) is 11.9. The lowest BCUT2D eigenvalue weighted by Gasteiger charge is -2.12. The first-order valence-corrected chi connectivity index (χ1v) is 6.69. The number of ether oxygens (including phenoxy) is 2. The third-order valence-corrected chi connectivity index (χ3v) is 3.27. The first kappa shape index (κ1) is 14.9. The van der Waals surface area contributed by atoms with Crippen LogP contribution in [0.3, 0.4) is 0 Å². The zero-order chi connectivity index (χ0) is 13.4. The van der Waals surface area contributed by atoms with Crippen molar-refractivity contribution < 1.29 is 14.3 Å². The summed E-state index contributed by atoms with van der Waals surface area (Å²) >= 11 is 1.50. The van der Waals surface area contributed by atoms with Gasteiger partial charge < -0.3 is 14.8 Å². The van der Waals surface area contributed by atoms with E-state index in [0.29, 0.717) is 12.4 Å². The van der Waals surface area contributed by atoms with E-state index in [1.54, 1.807) is 14.2 Å². The van der Waals surface area contributed by atoms with Gasteiger partial charge in [0.2, 0.25) is 5.91 Å². The van der Waals surface area contributed by atoms with E-state index < -0.39 is 0 Å². The van der Waals surface area contributed by atoms with E-state index in [2.05, 4.69) is 5.32 Å². The maximum Gasteiger partial charge on any atom is 0.230 e. The lowest BCUT2D eigenvalue weighted by Crippen LogP contribution is -2.36. The van der Waals surface area contributed by atoms with Gasteiger partial charge in [-0.2, -0.15) is 0 Å². The molecule has 0 aliphatic heterocycles. The monoisotopic (exact) mass is 269 g/mol. The Hall–Kier alpha value is -1.20. The minimum atomic E-state index is 0.0142. The Labute approximate surface area is 112 Å². The Balaban J connectivity index is 2.33. The van der Waals surface area contributed by atoms with E-state index in [0.717, 1.165) is 10.6 Å². The van der Waals surface area contributed by atoms with Crippen LogP contribution in [0.25, 0.3) is 0 Å². The molecule has 4 nitrogen and oxygen atoms in total. The molecular formula is C13H19NO3S. The molecule has 1 rings (SSSR count). The van der Waals surface area contributed by atoms with Gasteiger partial charge in [-0.15, -0.1) is 11.8 Å². The highest BCUT2D eigenvalue weighted by Gasteiger charge is 2.07. The van der Waals surface area contributed by atoms with Crippen LogP contribution < -0.4 is 10.1 Å². The molecule has 100 valence electrons. The molecule has 5 heteroatoms. The molecule has 1 N–H and O–H groups in total. The predicted molar refractivity (Wildman–Crippen MR) is 73.2 cm³/mol. The molecule has 0 bridgehead atoms. The van der Waals surface area contributed by atoms with Crippen molar-refractivity contribution in [2.75, 3.05) is 26.6 Å². The lowest BCUT2D eigenvalue weighted by atomic mass is 10.3. The van der Waals surface area contributed by atoms with Crippen LogP contribution >= 0.6 is 11.8 Å². The molecule has 0 fully saturated rings. The molecule has 0 radical (unpaired) electrons. The number of hydrogen-bond acceptors (Lipinski definition) is 4. The summed E-state index contributed by atoms with van der Waals surface area (Å²) in [5.74, 6) is 1.23. The zero-order valence-corrected chi connectivity index (χ0v) is 11.8. The van der Waals surface area contributed by atoms with Gasteiger partial charge in [0.15, 0.2) is 0 Å². The quantitative estimate of drug-likeness (QED) is 0.769. The lowest BCUT2D eigenvalue weighted by molar-refractivity contribution is -0.119. The number of methoxy groups -OCH3 is 2. The summed E-state index contributed by atoms with van der Waals surface area (Å²) in [7, 11) is 3.25. The predicted octanol–water partition coefficient (Wildman–Crippen LogP) is 1.94. The van der Waals surface area contributed by atoms with Crippen LogP contribution in [0.5, 0.6) is 5.75 Å². The van der Waals surface area contributed by atoms with E-state index in [4.69, 9.17) is 9.47 Å². The van der Waals surface area contributed by atoms with Crippen LogP contribution in [0.4, 0.5) is 0 Å². The van der Waals surface area contributed by atoms with Gasteiger partial charge in [-0.1, -0.05) is 0 Å². The number of benzene rings is 1. The molecule has 0 aliphatic carbocycles. The maximum absolute atomic E-state index is 11.6. The van der Waals surface area contributed by atoms with Crippen LogP contribution in [0.2, 0.25) is 0 Å². The largest absolute Gasteiger partial charge is 0.497 e. The molecular weight excluding hydrogens is 250 g/mol. The van der Waals surface area contributed by atoms with Crippen molar-refractivity contribution in [3.63, 3.8) is 0 Å². The van der Waals surface area contributed by atoms with Crippen molar-refractivity contribution in [1.29, 1.82) is 0 Å². The average molecular weight is 269 g/mol. The zero-order valence-electron chi connectivity index (χ0n) is 10.9. The maximum atomic E-state index is 11.6. The molecule has 0 unspecified atom stereocenters. The fourth-order valence-electron chi connectivity index (χ4n) is 1.43. The SMILES string of the molecule is COC[C@H](C)NC(=O)CSc1ccc(OC)cc1. The molecule has 1 aromatic rings. The first-order valence-electron chi connectivity index (χ1n) is 5.71. The van der Waals surface area contributed by atoms with E-state index in [1.165, 1.54) is 11.8 Å². The van der Waals surface area contributed by atoms with Crippen molar-refractivity contribution >= 4 is 17.7 Å². The summed E-state index contributed by atoms with van der Waals surface area (Å²) in [5.41, 5.74) is 0. The molecule has 1 aromatic carbocycles. The van der Waals surface area contributed by atoms with Gasteiger partial charge in [0.25, 0.3) is 0 Å². The molecule has 1 amide bonds. The minimum Gasteiger partial charge on any atom is -0.497 e. The van der Waals surface area contributed by atoms with Gasteiger partial charge >= 0.3 is 0 Å². The van der Waals surface area contributed by atoms with Crippen LogP contribution in [0, 0.1) is 0 Å². The third-order valence-electron chi connectivity index (χ3n) is 2.25. The molecule has 0 aromatic heterocycles. The smallest absolute Gasteiger partial charge is 0.230 e. The summed E-state index contributed by atoms with van der Waals surface area (Å²) in [5, 5.41) is 2.86. The molecule has 0 aliphatic rings. The number of amides is 1. The summed E-state index contributed by atoms with van der Waals surface area (Å²) in [6, 6.07) is 7.69. The van der Waals surface area contributed by atoms with Gasteiger partial charge in [-0.3, -0.25) is 4.79 Å². The van der Waals surface area contributed by atoms with Crippen molar-refractivity contribution in [2.45, 2.75) is 17.9 Å². The Morgan fingerprint density at radius 1 is 1.33 bits per heavy atom. The topological polar surface area (TPSA) is 47.6 Å². The molecule has 1 atom stereocenters. The summed E-state index contributed by atoms with van der Waals surface area (Å²) in [6.07, 6.45) is 0. The number of thioether (sulfide) groups is 1. The summed E-state index contributed by atoms with van der Waals surface area (Å²) < 4.78 is 10.0. The van der Waals surface area contributed by atoms with Crippen molar-refractivity contribution in [3.8, 4) is 5.75 Å². The number of nitrogens with one attached hydrogen (secondary N) is 1. The van der Waals surface area contributed by atoms with Crippen LogP contribution in [-0.4, -0.2) is 38.5 Å². The number of rotatable bonds is 7. The molecule has 0 heterocycles. The third kappa shape index (κ3) is 5.42. The van der Waals surface area contributed by atoms with Crippen molar-refractivity contribution in [1.82, 2.24) is 5.32 Å². The van der Waals surface area contributed by atoms with Gasteiger partial charge in [0.05, 0.1) is 19.5 Å². The Morgan fingerprint density at radius 2 is 2.00 bits per heavy atom. The second kappa shape index (κ2) is 8.00. The fourth-order valence-corrected chi connectivity index (χ4v) is 2.14. The minimum absolute atomic E-state index is 0.0142. The van der Waals surface area contributed by atoms with E-state index in [9.17, 15) is 4.79 Å². The number of carbonyl (C=O) groups is 1. The van der Waals surface area contributed by atoms with E-state index in [1.807, 2.05) is 31.2 Å². The average Bonchev–Trinajstić information content (AvgIpc) is 2.37.